The number of likely N-dealkylation sites (tertiary alicyclic amines) is 1. The summed E-state index contributed by atoms with van der Waals surface area (Å²) in [5.41, 5.74) is 5.11. The first-order valence-electron chi connectivity index (χ1n) is 12.8. The van der Waals surface area contributed by atoms with E-state index in [4.69, 9.17) is 9.72 Å². The Hall–Kier alpha value is -3.99. The number of aromatic nitrogens is 2. The maximum absolute atomic E-state index is 13.6. The monoisotopic (exact) mass is 519 g/mol. The fourth-order valence-electron chi connectivity index (χ4n) is 5.40. The molecule has 2 aromatic rings. The van der Waals surface area contributed by atoms with Gasteiger partial charge in [0.05, 0.1) is 17.1 Å². The van der Waals surface area contributed by atoms with E-state index in [1.165, 1.54) is 14.0 Å². The molecule has 3 aliphatic heterocycles. The molecule has 1 saturated heterocycles. The van der Waals surface area contributed by atoms with Gasteiger partial charge in [-0.05, 0) is 49.6 Å². The minimum atomic E-state index is -0.183. The van der Waals surface area contributed by atoms with E-state index in [-0.39, 0.29) is 36.5 Å². The molecule has 0 aliphatic carbocycles. The van der Waals surface area contributed by atoms with Crippen LogP contribution in [-0.2, 0) is 14.3 Å². The first kappa shape index (κ1) is 25.7. The highest BCUT2D eigenvalue weighted by Crippen LogP contribution is 2.41. The van der Waals surface area contributed by atoms with E-state index in [1.54, 1.807) is 22.1 Å². The molecule has 5 heterocycles. The summed E-state index contributed by atoms with van der Waals surface area (Å²) in [6.45, 7) is 5.27. The molecule has 1 atom stereocenters. The number of nitrogens with one attached hydrogen (secondary N) is 2. The maximum Gasteiger partial charge on any atom is 0.324 e. The van der Waals surface area contributed by atoms with Gasteiger partial charge in [-0.15, -0.1) is 0 Å². The number of anilines is 2. The lowest BCUT2D eigenvalue weighted by molar-refractivity contribution is -0.136. The topological polar surface area (TPSA) is 120 Å². The van der Waals surface area contributed by atoms with Crippen LogP contribution in [-0.4, -0.2) is 95.0 Å². The van der Waals surface area contributed by atoms with Gasteiger partial charge in [-0.2, -0.15) is 0 Å². The summed E-state index contributed by atoms with van der Waals surface area (Å²) in [6, 6.07) is 7.46. The second-order valence-electron chi connectivity index (χ2n) is 10.00. The van der Waals surface area contributed by atoms with Gasteiger partial charge >= 0.3 is 6.03 Å². The fourth-order valence-corrected chi connectivity index (χ4v) is 5.40. The molecule has 2 N–H and O–H groups in total. The molecule has 4 amide bonds. The molecule has 0 spiro atoms. The van der Waals surface area contributed by atoms with Crippen molar-refractivity contribution in [2.24, 2.45) is 0 Å². The number of ether oxygens (including phenoxy) is 1. The minimum Gasteiger partial charge on any atom is -0.377 e. The van der Waals surface area contributed by atoms with Crippen molar-refractivity contribution < 1.29 is 19.1 Å². The van der Waals surface area contributed by atoms with Gasteiger partial charge in [-0.25, -0.2) is 14.8 Å². The second-order valence-corrected chi connectivity index (χ2v) is 10.00. The molecule has 1 fully saturated rings. The Morgan fingerprint density at radius 3 is 2.61 bits per heavy atom. The molecule has 3 aliphatic rings. The van der Waals surface area contributed by atoms with Crippen molar-refractivity contribution in [3.05, 3.63) is 41.7 Å². The number of carbonyl (C=O) groups is 3. The van der Waals surface area contributed by atoms with Gasteiger partial charge in [0.1, 0.15) is 18.1 Å². The lowest BCUT2D eigenvalue weighted by atomic mass is 9.92. The fraction of sp³-hybridized carbons (Fsp3) is 0.444. The van der Waals surface area contributed by atoms with Gasteiger partial charge < -0.3 is 25.2 Å². The third kappa shape index (κ3) is 4.81. The van der Waals surface area contributed by atoms with Crippen LogP contribution in [0.3, 0.4) is 0 Å². The number of nitrogens with zero attached hydrogens (tertiary/aromatic N) is 5. The highest BCUT2D eigenvalue weighted by molar-refractivity contribution is 5.94. The third-order valence-corrected chi connectivity index (χ3v) is 7.31. The Labute approximate surface area is 221 Å². The van der Waals surface area contributed by atoms with E-state index < -0.39 is 0 Å². The number of carbonyl (C=O) groups excluding carboxylic acids is 3. The Morgan fingerprint density at radius 1 is 1.18 bits per heavy atom. The summed E-state index contributed by atoms with van der Waals surface area (Å²) in [5, 5.41) is 6.22. The van der Waals surface area contributed by atoms with Crippen molar-refractivity contribution in [2.45, 2.75) is 38.8 Å². The van der Waals surface area contributed by atoms with Crippen LogP contribution in [0.4, 0.5) is 16.3 Å². The first-order valence-corrected chi connectivity index (χ1v) is 12.8. The Kier molecular flexibility index (Phi) is 7.02. The molecule has 0 aromatic carbocycles. The normalized spacial score (nSPS) is 19.6. The number of urea groups is 1. The summed E-state index contributed by atoms with van der Waals surface area (Å²) in [6.07, 6.45) is 3.03. The molecule has 38 heavy (non-hydrogen) atoms. The number of amides is 4. The predicted molar refractivity (Wildman–Crippen MR) is 143 cm³/mol. The minimum absolute atomic E-state index is 0.0294. The van der Waals surface area contributed by atoms with E-state index in [2.05, 4.69) is 22.5 Å². The zero-order valence-corrected chi connectivity index (χ0v) is 22.2. The Bertz CT molecular complexity index is 1280. The first-order chi connectivity index (χ1) is 18.3. The zero-order valence-electron chi connectivity index (χ0n) is 22.2. The molecule has 5 rings (SSSR count). The molecule has 11 heteroatoms. The number of hydrogen-bond donors (Lipinski definition) is 2. The van der Waals surface area contributed by atoms with Crippen molar-refractivity contribution in [1.29, 1.82) is 0 Å². The van der Waals surface area contributed by atoms with Crippen molar-refractivity contribution in [3.63, 3.8) is 0 Å². The quantitative estimate of drug-likeness (QED) is 0.623. The zero-order chi connectivity index (χ0) is 27.0. The van der Waals surface area contributed by atoms with Gasteiger partial charge in [0, 0.05) is 64.6 Å². The third-order valence-electron chi connectivity index (χ3n) is 7.31. The molecule has 200 valence electrons. The van der Waals surface area contributed by atoms with Crippen LogP contribution in [0.5, 0.6) is 0 Å². The Morgan fingerprint density at radius 2 is 1.95 bits per heavy atom. The van der Waals surface area contributed by atoms with Crippen molar-refractivity contribution in [3.8, 4) is 11.3 Å². The van der Waals surface area contributed by atoms with Crippen molar-refractivity contribution in [1.82, 2.24) is 24.7 Å². The summed E-state index contributed by atoms with van der Waals surface area (Å²) in [4.78, 5) is 52.1. The molecule has 0 bridgehead atoms. The maximum atomic E-state index is 13.6. The van der Waals surface area contributed by atoms with Gasteiger partial charge in [-0.3, -0.25) is 14.5 Å². The van der Waals surface area contributed by atoms with E-state index in [9.17, 15) is 14.4 Å². The van der Waals surface area contributed by atoms with Crippen LogP contribution < -0.4 is 10.6 Å². The molecular weight excluding hydrogens is 486 g/mol. The summed E-state index contributed by atoms with van der Waals surface area (Å²) in [5.74, 6) is 0.262. The molecule has 1 unspecified atom stereocenters. The number of rotatable bonds is 5. The number of piperidine rings is 1. The number of pyridine rings is 2. The predicted octanol–water partition coefficient (Wildman–Crippen LogP) is 2.63. The van der Waals surface area contributed by atoms with Crippen LogP contribution in [0.15, 0.2) is 36.0 Å². The smallest absolute Gasteiger partial charge is 0.324 e. The molecule has 0 radical (unpaired) electrons. The average molecular weight is 520 g/mol. The molecule has 0 saturated carbocycles. The Balaban J connectivity index is 1.49. The number of methoxy groups -OCH3 is 1. The highest BCUT2D eigenvalue weighted by atomic mass is 16.5. The lowest BCUT2D eigenvalue weighted by Gasteiger charge is -2.47. The van der Waals surface area contributed by atoms with Crippen LogP contribution >= 0.6 is 0 Å². The summed E-state index contributed by atoms with van der Waals surface area (Å²) >= 11 is 0. The summed E-state index contributed by atoms with van der Waals surface area (Å²) in [7, 11) is 3.34. The van der Waals surface area contributed by atoms with E-state index in [0.29, 0.717) is 38.3 Å². The van der Waals surface area contributed by atoms with Crippen molar-refractivity contribution in [2.75, 3.05) is 51.0 Å². The number of fused-ring (bicyclic) bond motifs is 2. The lowest BCUT2D eigenvalue weighted by Crippen LogP contribution is -2.55. The van der Waals surface area contributed by atoms with Crippen LogP contribution in [0.2, 0.25) is 0 Å². The van der Waals surface area contributed by atoms with Crippen molar-refractivity contribution >= 4 is 35.0 Å². The average Bonchev–Trinajstić information content (AvgIpc) is 2.90. The van der Waals surface area contributed by atoms with Crippen LogP contribution in [0, 0.1) is 0 Å². The van der Waals surface area contributed by atoms with Crippen LogP contribution in [0.25, 0.3) is 17.0 Å². The molecule has 2 aromatic heterocycles. The SMILES string of the molecule is COCC(=O)N1CCC(N2C(=O)N(C)CC3=C2c2nc(-c4ccc(NC(C)=O)nc4)ccc2NC3C)CC1. The second kappa shape index (κ2) is 10.4. The highest BCUT2D eigenvalue weighted by Gasteiger charge is 2.42. The van der Waals surface area contributed by atoms with Gasteiger partial charge in [-0.1, -0.05) is 0 Å². The molecule has 11 nitrogen and oxygen atoms in total. The summed E-state index contributed by atoms with van der Waals surface area (Å²) < 4.78 is 5.02. The standard InChI is InChI=1S/C27H33N7O4/c1-16-20-14-32(3)27(37)34(19-9-11-33(12-10-19)24(36)15-38-4)26(20)25-22(29-16)7-6-21(31-25)18-5-8-23(28-13-18)30-17(2)35/h5-8,13,16,19,29H,9-12,14-15H2,1-4H3,(H,28,30,35). The van der Waals surface area contributed by atoms with Gasteiger partial charge in [0.25, 0.3) is 0 Å². The van der Waals surface area contributed by atoms with Gasteiger partial charge in [0.2, 0.25) is 11.8 Å². The van der Waals surface area contributed by atoms with E-state index in [0.717, 1.165) is 33.9 Å². The number of hydrogen-bond acceptors (Lipinski definition) is 7. The molecular formula is C27H33N7O4. The van der Waals surface area contributed by atoms with Gasteiger partial charge in [0.15, 0.2) is 0 Å². The number of likely N-dealkylation sites (N-methyl/N-ethyl adjacent to an activating group) is 1. The van der Waals surface area contributed by atoms with E-state index in [1.807, 2.05) is 30.1 Å². The largest absolute Gasteiger partial charge is 0.377 e. The van der Waals surface area contributed by atoms with Crippen LogP contribution in [0.1, 0.15) is 32.4 Å². The van der Waals surface area contributed by atoms with E-state index >= 15 is 0 Å².